The molecule has 1 N–H and O–H groups in total. The third kappa shape index (κ3) is 29.7. The summed E-state index contributed by atoms with van der Waals surface area (Å²) < 4.78 is 0. The molecule has 2 nitrogen and oxygen atoms in total. The summed E-state index contributed by atoms with van der Waals surface area (Å²) in [7, 11) is 0. The monoisotopic (exact) mass is 509 g/mol. The Hall–Kier alpha value is -0.530. The highest BCUT2D eigenvalue weighted by atomic mass is 16.4. The van der Waals surface area contributed by atoms with Crippen molar-refractivity contribution in [1.29, 1.82) is 0 Å². The Balaban J connectivity index is 3.49. The van der Waals surface area contributed by atoms with Gasteiger partial charge in [-0.15, -0.1) is 0 Å². The maximum Gasteiger partial charge on any atom is 0.303 e. The van der Waals surface area contributed by atoms with Crippen LogP contribution in [0.1, 0.15) is 206 Å². The molecule has 0 aromatic rings. The zero-order valence-corrected chi connectivity index (χ0v) is 25.1. The predicted molar refractivity (Wildman–Crippen MR) is 161 cm³/mol. The smallest absolute Gasteiger partial charge is 0.303 e. The molecule has 216 valence electrons. The van der Waals surface area contributed by atoms with E-state index in [1.807, 2.05) is 0 Å². The van der Waals surface area contributed by atoms with Crippen molar-refractivity contribution in [3.8, 4) is 0 Å². The van der Waals surface area contributed by atoms with E-state index in [1.54, 1.807) is 0 Å². The molecule has 0 saturated carbocycles. The molecule has 1 unspecified atom stereocenters. The number of hydrogen-bond acceptors (Lipinski definition) is 1. The Morgan fingerprint density at radius 3 is 0.861 bits per heavy atom. The van der Waals surface area contributed by atoms with Crippen molar-refractivity contribution < 1.29 is 9.90 Å². The van der Waals surface area contributed by atoms with Crippen LogP contribution in [-0.2, 0) is 4.79 Å². The fraction of sp³-hybridized carbons (Fsp3) is 0.971. The Bertz CT molecular complexity index is 419. The number of unbranched alkanes of at least 4 members (excludes halogenated alkanes) is 25. The lowest BCUT2D eigenvalue weighted by Crippen LogP contribution is -2.08. The number of rotatable bonds is 31. The summed E-state index contributed by atoms with van der Waals surface area (Å²) >= 11 is 0. The minimum absolute atomic E-state index is 0.386. The summed E-state index contributed by atoms with van der Waals surface area (Å²) in [5.41, 5.74) is 0. The zero-order valence-electron chi connectivity index (χ0n) is 25.1. The van der Waals surface area contributed by atoms with E-state index in [0.717, 1.165) is 12.8 Å². The van der Waals surface area contributed by atoms with Gasteiger partial charge in [0.1, 0.15) is 0 Å². The number of hydrogen-bond donors (Lipinski definition) is 1. The van der Waals surface area contributed by atoms with Crippen molar-refractivity contribution in [2.45, 2.75) is 206 Å². The molecule has 0 aliphatic rings. The average molecular weight is 509 g/mol. The molecule has 0 aromatic heterocycles. The van der Waals surface area contributed by atoms with E-state index in [-0.39, 0.29) is 0 Å². The minimum atomic E-state index is -0.597. The van der Waals surface area contributed by atoms with E-state index < -0.39 is 5.97 Å². The average Bonchev–Trinajstić information content (AvgIpc) is 2.86. The summed E-state index contributed by atoms with van der Waals surface area (Å²) in [5, 5.41) is 9.30. The van der Waals surface area contributed by atoms with E-state index in [0.29, 0.717) is 12.3 Å². The van der Waals surface area contributed by atoms with Crippen molar-refractivity contribution in [2.75, 3.05) is 0 Å². The Kier molecular flexibility index (Phi) is 30.2. The van der Waals surface area contributed by atoms with Crippen molar-refractivity contribution in [1.82, 2.24) is 0 Å². The van der Waals surface area contributed by atoms with Gasteiger partial charge in [0.05, 0.1) is 0 Å². The van der Waals surface area contributed by atoms with Gasteiger partial charge in [-0.05, 0) is 18.8 Å². The summed E-state index contributed by atoms with van der Waals surface area (Å²) in [6, 6.07) is 0. The standard InChI is InChI=1S/C34H68O2/c1-3-5-7-9-11-13-15-17-18-19-21-23-25-27-29-31-33(32-34(35)36)30-28-26-24-22-20-16-14-12-10-8-6-4-2/h33H,3-32H2,1-2H3,(H,35,36). The van der Waals surface area contributed by atoms with Gasteiger partial charge >= 0.3 is 5.97 Å². The molecule has 2 heteroatoms. The lowest BCUT2D eigenvalue weighted by Gasteiger charge is -2.14. The lowest BCUT2D eigenvalue weighted by atomic mass is 9.91. The van der Waals surface area contributed by atoms with Crippen LogP contribution in [0.2, 0.25) is 0 Å². The Morgan fingerprint density at radius 2 is 0.639 bits per heavy atom. The first-order valence-electron chi connectivity index (χ1n) is 16.9. The summed E-state index contributed by atoms with van der Waals surface area (Å²) in [5.74, 6) is -0.188. The van der Waals surface area contributed by atoms with E-state index in [9.17, 15) is 9.90 Å². The van der Waals surface area contributed by atoms with Crippen LogP contribution in [0.5, 0.6) is 0 Å². The van der Waals surface area contributed by atoms with Crippen molar-refractivity contribution >= 4 is 5.97 Å². The normalized spacial score (nSPS) is 12.3. The van der Waals surface area contributed by atoms with Crippen molar-refractivity contribution in [2.24, 2.45) is 5.92 Å². The molecule has 36 heavy (non-hydrogen) atoms. The highest BCUT2D eigenvalue weighted by molar-refractivity contribution is 5.66. The van der Waals surface area contributed by atoms with Crippen LogP contribution < -0.4 is 0 Å². The fourth-order valence-corrected chi connectivity index (χ4v) is 5.67. The SMILES string of the molecule is CCCCCCCCCCCCCCCCCC(CCCCCCCCCCCCCC)CC(=O)O. The Labute approximate surface area is 228 Å². The first kappa shape index (κ1) is 35.5. The molecular formula is C34H68O2. The van der Waals surface area contributed by atoms with Crippen LogP contribution in [-0.4, -0.2) is 11.1 Å². The molecule has 0 aromatic carbocycles. The highest BCUT2D eigenvalue weighted by Gasteiger charge is 2.12. The van der Waals surface area contributed by atoms with E-state index in [1.165, 1.54) is 173 Å². The fourth-order valence-electron chi connectivity index (χ4n) is 5.67. The second kappa shape index (κ2) is 30.7. The topological polar surface area (TPSA) is 37.3 Å². The summed E-state index contributed by atoms with van der Waals surface area (Å²) in [6.45, 7) is 4.57. The highest BCUT2D eigenvalue weighted by Crippen LogP contribution is 2.22. The number of aliphatic carboxylic acids is 1. The number of carbonyl (C=O) groups is 1. The molecule has 0 radical (unpaired) electrons. The minimum Gasteiger partial charge on any atom is -0.481 e. The Morgan fingerprint density at radius 1 is 0.417 bits per heavy atom. The first-order valence-corrected chi connectivity index (χ1v) is 16.9. The largest absolute Gasteiger partial charge is 0.481 e. The molecule has 0 amide bonds. The van der Waals surface area contributed by atoms with Crippen LogP contribution in [0.3, 0.4) is 0 Å². The van der Waals surface area contributed by atoms with Crippen LogP contribution in [0.15, 0.2) is 0 Å². The second-order valence-electron chi connectivity index (χ2n) is 11.9. The maximum atomic E-state index is 11.3. The molecule has 0 bridgehead atoms. The molecule has 1 atom stereocenters. The lowest BCUT2D eigenvalue weighted by molar-refractivity contribution is -0.138. The molecule has 0 spiro atoms. The quantitative estimate of drug-likeness (QED) is 0.0945. The molecular weight excluding hydrogens is 440 g/mol. The van der Waals surface area contributed by atoms with E-state index in [4.69, 9.17) is 0 Å². The summed E-state index contributed by atoms with van der Waals surface area (Å²) in [6.07, 6.45) is 40.0. The van der Waals surface area contributed by atoms with Crippen molar-refractivity contribution in [3.63, 3.8) is 0 Å². The van der Waals surface area contributed by atoms with E-state index in [2.05, 4.69) is 13.8 Å². The molecule has 0 saturated heterocycles. The molecule has 0 heterocycles. The van der Waals surface area contributed by atoms with Crippen LogP contribution in [0, 0.1) is 5.92 Å². The van der Waals surface area contributed by atoms with Gasteiger partial charge in [-0.1, -0.05) is 187 Å². The van der Waals surface area contributed by atoms with Crippen molar-refractivity contribution in [3.05, 3.63) is 0 Å². The van der Waals surface area contributed by atoms with Gasteiger partial charge in [0.25, 0.3) is 0 Å². The van der Waals surface area contributed by atoms with E-state index >= 15 is 0 Å². The third-order valence-electron chi connectivity index (χ3n) is 8.15. The van der Waals surface area contributed by atoms with Gasteiger partial charge in [-0.3, -0.25) is 4.79 Å². The molecule has 0 rings (SSSR count). The van der Waals surface area contributed by atoms with Crippen LogP contribution in [0.25, 0.3) is 0 Å². The first-order chi connectivity index (χ1) is 17.7. The van der Waals surface area contributed by atoms with Gasteiger partial charge in [0.2, 0.25) is 0 Å². The third-order valence-corrected chi connectivity index (χ3v) is 8.15. The van der Waals surface area contributed by atoms with Crippen LogP contribution >= 0.6 is 0 Å². The molecule has 0 fully saturated rings. The number of carboxylic acids is 1. The molecule has 0 aliphatic heterocycles. The maximum absolute atomic E-state index is 11.3. The van der Waals surface area contributed by atoms with Gasteiger partial charge in [0.15, 0.2) is 0 Å². The zero-order chi connectivity index (χ0) is 26.4. The van der Waals surface area contributed by atoms with Gasteiger partial charge in [-0.25, -0.2) is 0 Å². The van der Waals surface area contributed by atoms with Gasteiger partial charge in [0, 0.05) is 6.42 Å². The second-order valence-corrected chi connectivity index (χ2v) is 11.9. The predicted octanol–water partition coefficient (Wildman–Crippen LogP) is 12.4. The summed E-state index contributed by atoms with van der Waals surface area (Å²) in [4.78, 5) is 11.3. The van der Waals surface area contributed by atoms with Gasteiger partial charge < -0.3 is 5.11 Å². The van der Waals surface area contributed by atoms with Crippen LogP contribution in [0.4, 0.5) is 0 Å². The van der Waals surface area contributed by atoms with Gasteiger partial charge in [-0.2, -0.15) is 0 Å². The number of carboxylic acid groups (broad SMARTS) is 1. The molecule has 0 aliphatic carbocycles.